The first-order valence-electron chi connectivity index (χ1n) is 10.2. The summed E-state index contributed by atoms with van der Waals surface area (Å²) in [6, 6.07) is 9.68. The topological polar surface area (TPSA) is 70.2 Å². The molecule has 0 unspecified atom stereocenters. The maximum atomic E-state index is 12.5. The lowest BCUT2D eigenvalue weighted by Gasteiger charge is -2.32. The van der Waals surface area contributed by atoms with Crippen molar-refractivity contribution in [2.45, 2.75) is 40.0 Å². The number of rotatable bonds is 7. The largest absolute Gasteiger partial charge is 0.372 e. The van der Waals surface area contributed by atoms with Gasteiger partial charge in [0.05, 0.1) is 0 Å². The quantitative estimate of drug-likeness (QED) is 0.743. The van der Waals surface area contributed by atoms with Crippen molar-refractivity contribution in [3.8, 4) is 0 Å². The van der Waals surface area contributed by atoms with E-state index < -0.39 is 0 Å². The minimum Gasteiger partial charge on any atom is -0.372 e. The Labute approximate surface area is 167 Å². The second-order valence-electron chi connectivity index (χ2n) is 8.05. The van der Waals surface area contributed by atoms with Crippen LogP contribution in [0.4, 0.5) is 17.3 Å². The molecule has 3 rings (SSSR count). The lowest BCUT2D eigenvalue weighted by Crippen LogP contribution is -2.32. The number of nitrogens with zero attached hydrogens (tertiary/aromatic N) is 3. The highest BCUT2D eigenvalue weighted by Gasteiger charge is 2.16. The van der Waals surface area contributed by atoms with Crippen molar-refractivity contribution in [3.05, 3.63) is 42.2 Å². The van der Waals surface area contributed by atoms with E-state index in [0.29, 0.717) is 17.6 Å². The van der Waals surface area contributed by atoms with Gasteiger partial charge in [0.25, 0.3) is 5.91 Å². The molecule has 0 radical (unpaired) electrons. The maximum absolute atomic E-state index is 12.5. The van der Waals surface area contributed by atoms with E-state index in [4.69, 9.17) is 0 Å². The van der Waals surface area contributed by atoms with Gasteiger partial charge in [0.1, 0.15) is 5.69 Å². The Morgan fingerprint density at radius 1 is 1.18 bits per heavy atom. The molecule has 150 valence electrons. The number of nitrogens with one attached hydrogen (secondary N) is 2. The van der Waals surface area contributed by atoms with Crippen LogP contribution in [0.3, 0.4) is 0 Å². The van der Waals surface area contributed by atoms with Crippen molar-refractivity contribution in [1.82, 2.24) is 9.97 Å². The summed E-state index contributed by atoms with van der Waals surface area (Å²) in [5.74, 6) is 1.68. The lowest BCUT2D eigenvalue weighted by molar-refractivity contribution is 0.102. The van der Waals surface area contributed by atoms with Crippen LogP contribution in [-0.2, 0) is 0 Å². The van der Waals surface area contributed by atoms with E-state index in [1.54, 1.807) is 12.3 Å². The van der Waals surface area contributed by atoms with Crippen molar-refractivity contribution >= 4 is 23.2 Å². The highest BCUT2D eigenvalue weighted by Crippen LogP contribution is 2.24. The number of hydrogen-bond donors (Lipinski definition) is 2. The fraction of sp³-hybridized carbons (Fsp3) is 0.500. The van der Waals surface area contributed by atoms with E-state index in [2.05, 4.69) is 58.4 Å². The zero-order chi connectivity index (χ0) is 19.9. The zero-order valence-electron chi connectivity index (χ0n) is 17.1. The van der Waals surface area contributed by atoms with Crippen molar-refractivity contribution < 1.29 is 4.79 Å². The molecule has 1 aromatic carbocycles. The number of carbonyl (C=O) groups excluding carboxylic acids is 1. The predicted octanol–water partition coefficient (Wildman–Crippen LogP) is 4.42. The van der Waals surface area contributed by atoms with Gasteiger partial charge in [0.15, 0.2) is 0 Å². The first-order chi connectivity index (χ1) is 13.5. The van der Waals surface area contributed by atoms with Crippen LogP contribution >= 0.6 is 0 Å². The molecule has 1 saturated heterocycles. The molecule has 0 atom stereocenters. The number of benzene rings is 1. The van der Waals surface area contributed by atoms with Gasteiger partial charge < -0.3 is 15.5 Å². The Balaban J connectivity index is 1.57. The summed E-state index contributed by atoms with van der Waals surface area (Å²) >= 11 is 0. The third-order valence-corrected chi connectivity index (χ3v) is 5.17. The molecule has 0 spiro atoms. The molecule has 1 fully saturated rings. The predicted molar refractivity (Wildman–Crippen MR) is 115 cm³/mol. The lowest BCUT2D eigenvalue weighted by atomic mass is 9.99. The second-order valence-corrected chi connectivity index (χ2v) is 8.05. The molecular weight excluding hydrogens is 350 g/mol. The number of anilines is 3. The van der Waals surface area contributed by atoms with E-state index in [1.807, 2.05) is 12.1 Å². The Kier molecular flexibility index (Phi) is 6.85. The van der Waals surface area contributed by atoms with Crippen LogP contribution in [0.25, 0.3) is 0 Å². The molecule has 1 aliphatic rings. The van der Waals surface area contributed by atoms with Crippen LogP contribution in [0.2, 0.25) is 0 Å². The molecule has 2 aromatic rings. The smallest absolute Gasteiger partial charge is 0.274 e. The summed E-state index contributed by atoms with van der Waals surface area (Å²) in [7, 11) is 0. The zero-order valence-corrected chi connectivity index (χ0v) is 17.1. The van der Waals surface area contributed by atoms with Gasteiger partial charge in [0.2, 0.25) is 5.95 Å². The van der Waals surface area contributed by atoms with E-state index in [9.17, 15) is 4.79 Å². The van der Waals surface area contributed by atoms with Gasteiger partial charge in [-0.2, -0.15) is 0 Å². The van der Waals surface area contributed by atoms with Gasteiger partial charge in [0, 0.05) is 37.2 Å². The standard InChI is InChI=1S/C22H31N5O/c1-16(2)8-12-23-22-24-13-9-20(26-22)21(28)25-18-4-6-19(7-5-18)27-14-10-17(3)11-15-27/h4-7,9,13,16-17H,8,10-12,14-15H2,1-3H3,(H,25,28)(H,23,24,26). The summed E-state index contributed by atoms with van der Waals surface area (Å²) in [4.78, 5) is 23.4. The summed E-state index contributed by atoms with van der Waals surface area (Å²) < 4.78 is 0. The minimum atomic E-state index is -0.228. The molecule has 1 aromatic heterocycles. The van der Waals surface area contributed by atoms with Gasteiger partial charge in [-0.15, -0.1) is 0 Å². The van der Waals surface area contributed by atoms with E-state index in [-0.39, 0.29) is 5.91 Å². The van der Waals surface area contributed by atoms with Gasteiger partial charge in [-0.1, -0.05) is 20.8 Å². The number of carbonyl (C=O) groups is 1. The summed E-state index contributed by atoms with van der Waals surface area (Å²) in [5, 5.41) is 6.10. The first kappa shape index (κ1) is 20.1. The fourth-order valence-electron chi connectivity index (χ4n) is 3.26. The van der Waals surface area contributed by atoms with Gasteiger partial charge in [-0.3, -0.25) is 4.79 Å². The van der Waals surface area contributed by atoms with E-state index >= 15 is 0 Å². The van der Waals surface area contributed by atoms with Crippen LogP contribution in [-0.4, -0.2) is 35.5 Å². The Morgan fingerprint density at radius 2 is 1.89 bits per heavy atom. The van der Waals surface area contributed by atoms with E-state index in [0.717, 1.165) is 37.7 Å². The monoisotopic (exact) mass is 381 g/mol. The molecule has 28 heavy (non-hydrogen) atoms. The summed E-state index contributed by atoms with van der Waals surface area (Å²) in [5.41, 5.74) is 2.34. The second kappa shape index (κ2) is 9.53. The Hall–Kier alpha value is -2.63. The molecule has 2 heterocycles. The van der Waals surface area contributed by atoms with Crippen molar-refractivity contribution in [2.75, 3.05) is 35.2 Å². The minimum absolute atomic E-state index is 0.228. The number of aromatic nitrogens is 2. The highest BCUT2D eigenvalue weighted by molar-refractivity contribution is 6.03. The summed E-state index contributed by atoms with van der Waals surface area (Å²) in [6.45, 7) is 9.64. The number of piperidine rings is 1. The van der Waals surface area contributed by atoms with Gasteiger partial charge in [-0.05, 0) is 61.4 Å². The molecule has 0 bridgehead atoms. The number of amides is 1. The van der Waals surface area contributed by atoms with Crippen LogP contribution < -0.4 is 15.5 Å². The molecule has 2 N–H and O–H groups in total. The van der Waals surface area contributed by atoms with Crippen molar-refractivity contribution in [1.29, 1.82) is 0 Å². The molecule has 1 amide bonds. The van der Waals surface area contributed by atoms with Gasteiger partial charge >= 0.3 is 0 Å². The van der Waals surface area contributed by atoms with Crippen LogP contribution in [0, 0.1) is 11.8 Å². The molecule has 6 nitrogen and oxygen atoms in total. The normalized spacial score (nSPS) is 14.9. The molecule has 0 saturated carbocycles. The van der Waals surface area contributed by atoms with Crippen LogP contribution in [0.5, 0.6) is 0 Å². The fourth-order valence-corrected chi connectivity index (χ4v) is 3.26. The van der Waals surface area contributed by atoms with E-state index in [1.165, 1.54) is 18.5 Å². The average Bonchev–Trinajstić information content (AvgIpc) is 2.69. The van der Waals surface area contributed by atoms with Crippen molar-refractivity contribution in [2.24, 2.45) is 11.8 Å². The molecular formula is C22H31N5O. The Bertz CT molecular complexity index is 767. The SMILES string of the molecule is CC(C)CCNc1nccc(C(=O)Nc2ccc(N3CCC(C)CC3)cc2)n1. The van der Waals surface area contributed by atoms with Crippen LogP contribution in [0.15, 0.2) is 36.5 Å². The molecule has 1 aliphatic heterocycles. The summed E-state index contributed by atoms with van der Waals surface area (Å²) in [6.07, 6.45) is 5.11. The van der Waals surface area contributed by atoms with Crippen molar-refractivity contribution in [3.63, 3.8) is 0 Å². The third-order valence-electron chi connectivity index (χ3n) is 5.17. The molecule has 6 heteroatoms. The molecule has 0 aliphatic carbocycles. The van der Waals surface area contributed by atoms with Crippen LogP contribution in [0.1, 0.15) is 50.5 Å². The third kappa shape index (κ3) is 5.68. The number of hydrogen-bond acceptors (Lipinski definition) is 5. The Morgan fingerprint density at radius 3 is 2.57 bits per heavy atom. The highest BCUT2D eigenvalue weighted by atomic mass is 16.1. The van der Waals surface area contributed by atoms with Gasteiger partial charge in [-0.25, -0.2) is 9.97 Å². The first-order valence-corrected chi connectivity index (χ1v) is 10.2. The average molecular weight is 382 g/mol. The maximum Gasteiger partial charge on any atom is 0.274 e.